The number of aryl methyl sites for hydroxylation is 1. The standard InChI is InChI=1S/C19H21ClO/c1-13(2)16-9-7-15(8-10-16)12-18(19(20)21)17-6-4-5-14(3)11-17/h4-11,13,18H,12H2,1-3H3. The zero-order chi connectivity index (χ0) is 15.4. The number of benzene rings is 2. The van der Waals surface area contributed by atoms with Crippen molar-refractivity contribution in [3.05, 3.63) is 70.8 Å². The van der Waals surface area contributed by atoms with E-state index in [-0.39, 0.29) is 11.2 Å². The molecule has 0 saturated heterocycles. The first kappa shape index (κ1) is 15.8. The third-order valence-corrected chi connectivity index (χ3v) is 4.07. The largest absolute Gasteiger partial charge is 0.281 e. The second-order valence-electron chi connectivity index (χ2n) is 5.87. The van der Waals surface area contributed by atoms with Crippen molar-refractivity contribution >= 4 is 16.8 Å². The minimum atomic E-state index is -0.298. The zero-order valence-electron chi connectivity index (χ0n) is 12.8. The van der Waals surface area contributed by atoms with Gasteiger partial charge >= 0.3 is 0 Å². The highest BCUT2D eigenvalue weighted by Crippen LogP contribution is 2.25. The number of hydrogen-bond donors (Lipinski definition) is 0. The van der Waals surface area contributed by atoms with Gasteiger partial charge in [-0.2, -0.15) is 0 Å². The molecule has 0 aliphatic rings. The molecule has 2 heteroatoms. The zero-order valence-corrected chi connectivity index (χ0v) is 13.5. The van der Waals surface area contributed by atoms with E-state index in [1.54, 1.807) is 0 Å². The van der Waals surface area contributed by atoms with Crippen molar-refractivity contribution < 1.29 is 4.79 Å². The lowest BCUT2D eigenvalue weighted by Crippen LogP contribution is -2.10. The van der Waals surface area contributed by atoms with Gasteiger partial charge in [-0.25, -0.2) is 0 Å². The van der Waals surface area contributed by atoms with Gasteiger partial charge in [0.2, 0.25) is 5.24 Å². The van der Waals surface area contributed by atoms with Crippen LogP contribution in [0, 0.1) is 6.92 Å². The molecule has 0 N–H and O–H groups in total. The molecule has 0 radical (unpaired) electrons. The topological polar surface area (TPSA) is 17.1 Å². The number of rotatable bonds is 5. The molecule has 0 aliphatic heterocycles. The summed E-state index contributed by atoms with van der Waals surface area (Å²) in [6.07, 6.45) is 0.643. The van der Waals surface area contributed by atoms with Gasteiger partial charge in [0.05, 0.1) is 5.92 Å². The Hall–Kier alpha value is -1.60. The van der Waals surface area contributed by atoms with E-state index in [9.17, 15) is 4.79 Å². The quantitative estimate of drug-likeness (QED) is 0.693. The first-order chi connectivity index (χ1) is 9.97. The number of hydrogen-bond acceptors (Lipinski definition) is 1. The van der Waals surface area contributed by atoms with E-state index in [0.29, 0.717) is 12.3 Å². The molecule has 0 amide bonds. The molecule has 21 heavy (non-hydrogen) atoms. The lowest BCUT2D eigenvalue weighted by molar-refractivity contribution is -0.113. The van der Waals surface area contributed by atoms with E-state index < -0.39 is 0 Å². The lowest BCUT2D eigenvalue weighted by Gasteiger charge is -2.14. The van der Waals surface area contributed by atoms with Crippen LogP contribution in [0.4, 0.5) is 0 Å². The van der Waals surface area contributed by atoms with E-state index in [1.807, 2.05) is 31.2 Å². The van der Waals surface area contributed by atoms with Gasteiger partial charge < -0.3 is 0 Å². The first-order valence-corrected chi connectivity index (χ1v) is 7.70. The van der Waals surface area contributed by atoms with E-state index in [0.717, 1.165) is 16.7 Å². The minimum absolute atomic E-state index is 0.281. The molecule has 2 rings (SSSR count). The maximum Gasteiger partial charge on any atom is 0.229 e. The van der Waals surface area contributed by atoms with Crippen LogP contribution >= 0.6 is 11.6 Å². The van der Waals surface area contributed by atoms with Gasteiger partial charge in [-0.3, -0.25) is 4.79 Å². The molecule has 0 bridgehead atoms. The predicted molar refractivity (Wildman–Crippen MR) is 89.0 cm³/mol. The molecule has 1 atom stereocenters. The van der Waals surface area contributed by atoms with Crippen LogP contribution in [0.5, 0.6) is 0 Å². The van der Waals surface area contributed by atoms with Crippen LogP contribution in [0.15, 0.2) is 48.5 Å². The number of carbonyl (C=O) groups excluding carboxylic acids is 1. The van der Waals surface area contributed by atoms with Gasteiger partial charge in [-0.05, 0) is 47.6 Å². The molecule has 1 nitrogen and oxygen atoms in total. The molecule has 0 fully saturated rings. The highest BCUT2D eigenvalue weighted by molar-refractivity contribution is 6.64. The van der Waals surface area contributed by atoms with Crippen LogP contribution in [0.3, 0.4) is 0 Å². The molecular weight excluding hydrogens is 280 g/mol. The van der Waals surface area contributed by atoms with Crippen LogP contribution in [-0.4, -0.2) is 5.24 Å². The Bertz CT molecular complexity index is 614. The Labute approximate surface area is 132 Å². The average molecular weight is 301 g/mol. The number of halogens is 1. The third kappa shape index (κ3) is 4.18. The van der Waals surface area contributed by atoms with Gasteiger partial charge in [-0.1, -0.05) is 67.9 Å². The molecule has 0 aromatic heterocycles. The van der Waals surface area contributed by atoms with Crippen molar-refractivity contribution in [1.82, 2.24) is 0 Å². The Balaban J connectivity index is 2.22. The summed E-state index contributed by atoms with van der Waals surface area (Å²) < 4.78 is 0. The van der Waals surface area contributed by atoms with E-state index in [4.69, 9.17) is 11.6 Å². The molecule has 0 spiro atoms. The molecular formula is C19H21ClO. The maximum absolute atomic E-state index is 11.8. The fourth-order valence-corrected chi connectivity index (χ4v) is 2.69. The fraction of sp³-hybridized carbons (Fsp3) is 0.316. The SMILES string of the molecule is Cc1cccc(C(Cc2ccc(C(C)C)cc2)C(=O)Cl)c1. The Kier molecular flexibility index (Phi) is 5.19. The third-order valence-electron chi connectivity index (χ3n) is 3.80. The summed E-state index contributed by atoms with van der Waals surface area (Å²) in [5.41, 5.74) is 4.58. The normalized spacial score (nSPS) is 12.4. The minimum Gasteiger partial charge on any atom is -0.281 e. The molecule has 1 unspecified atom stereocenters. The monoisotopic (exact) mass is 300 g/mol. The van der Waals surface area contributed by atoms with Gasteiger partial charge in [0.25, 0.3) is 0 Å². The van der Waals surface area contributed by atoms with Gasteiger partial charge in [0.15, 0.2) is 0 Å². The summed E-state index contributed by atoms with van der Waals surface area (Å²) in [5, 5.41) is -0.298. The summed E-state index contributed by atoms with van der Waals surface area (Å²) in [7, 11) is 0. The summed E-state index contributed by atoms with van der Waals surface area (Å²) >= 11 is 5.82. The molecule has 2 aromatic carbocycles. The van der Waals surface area contributed by atoms with Gasteiger partial charge in [0, 0.05) is 0 Å². The van der Waals surface area contributed by atoms with Crippen LogP contribution in [0.2, 0.25) is 0 Å². The summed E-state index contributed by atoms with van der Waals surface area (Å²) in [5.74, 6) is 0.234. The highest BCUT2D eigenvalue weighted by atomic mass is 35.5. The summed E-state index contributed by atoms with van der Waals surface area (Å²) in [6, 6.07) is 16.5. The van der Waals surface area contributed by atoms with Crippen molar-refractivity contribution in [1.29, 1.82) is 0 Å². The van der Waals surface area contributed by atoms with Gasteiger partial charge in [0.1, 0.15) is 0 Å². The van der Waals surface area contributed by atoms with Gasteiger partial charge in [-0.15, -0.1) is 0 Å². The predicted octanol–water partition coefficient (Wildman–Crippen LogP) is 5.21. The smallest absolute Gasteiger partial charge is 0.229 e. The van der Waals surface area contributed by atoms with Crippen molar-refractivity contribution in [3.8, 4) is 0 Å². The Morgan fingerprint density at radius 3 is 2.24 bits per heavy atom. The van der Waals surface area contributed by atoms with Crippen LogP contribution in [-0.2, 0) is 11.2 Å². The second kappa shape index (κ2) is 6.91. The number of carbonyl (C=O) groups is 1. The van der Waals surface area contributed by atoms with Crippen LogP contribution < -0.4 is 0 Å². The molecule has 0 aliphatic carbocycles. The average Bonchev–Trinajstić information content (AvgIpc) is 2.45. The second-order valence-corrected chi connectivity index (χ2v) is 6.24. The van der Waals surface area contributed by atoms with Crippen molar-refractivity contribution in [2.24, 2.45) is 0 Å². The Morgan fingerprint density at radius 1 is 1.05 bits per heavy atom. The Morgan fingerprint density at radius 2 is 1.71 bits per heavy atom. The van der Waals surface area contributed by atoms with Crippen molar-refractivity contribution in [3.63, 3.8) is 0 Å². The van der Waals surface area contributed by atoms with Crippen LogP contribution in [0.1, 0.15) is 47.9 Å². The molecule has 110 valence electrons. The van der Waals surface area contributed by atoms with Crippen molar-refractivity contribution in [2.45, 2.75) is 39.0 Å². The summed E-state index contributed by atoms with van der Waals surface area (Å²) in [4.78, 5) is 11.8. The van der Waals surface area contributed by atoms with E-state index in [2.05, 4.69) is 38.1 Å². The summed E-state index contributed by atoms with van der Waals surface area (Å²) in [6.45, 7) is 6.37. The van der Waals surface area contributed by atoms with Crippen molar-refractivity contribution in [2.75, 3.05) is 0 Å². The fourth-order valence-electron chi connectivity index (χ4n) is 2.49. The first-order valence-electron chi connectivity index (χ1n) is 7.32. The maximum atomic E-state index is 11.8. The molecule has 0 heterocycles. The van der Waals surface area contributed by atoms with E-state index in [1.165, 1.54) is 5.56 Å². The molecule has 2 aromatic rings. The molecule has 0 saturated carbocycles. The lowest BCUT2D eigenvalue weighted by atomic mass is 9.91. The van der Waals surface area contributed by atoms with Crippen LogP contribution in [0.25, 0.3) is 0 Å². The highest BCUT2D eigenvalue weighted by Gasteiger charge is 2.19. The van der Waals surface area contributed by atoms with E-state index >= 15 is 0 Å².